The van der Waals surface area contributed by atoms with Crippen molar-refractivity contribution in [1.82, 2.24) is 15.5 Å². The Balaban J connectivity index is 1.33. The summed E-state index contributed by atoms with van der Waals surface area (Å²) in [6, 6.07) is 14.9. The Kier molecular flexibility index (Phi) is 8.11. The van der Waals surface area contributed by atoms with Gasteiger partial charge >= 0.3 is 0 Å². The summed E-state index contributed by atoms with van der Waals surface area (Å²) in [5.41, 5.74) is 1.77. The van der Waals surface area contributed by atoms with Crippen LogP contribution < -0.4 is 15.4 Å². The predicted molar refractivity (Wildman–Crippen MR) is 118 cm³/mol. The quantitative estimate of drug-likeness (QED) is 0.632. The van der Waals surface area contributed by atoms with E-state index in [1.165, 1.54) is 5.56 Å². The summed E-state index contributed by atoms with van der Waals surface area (Å²) in [7, 11) is 1.56. The van der Waals surface area contributed by atoms with Crippen LogP contribution in [0.3, 0.4) is 0 Å². The standard InChI is InChI=1S/C23H28ClN3O3/c1-30-21-4-2-3-19(15-21)23(29)26-12-11-25-22(28)18-9-13-27(14-10-18)16-17-5-7-20(24)8-6-17/h2-8,15,18H,9-14,16H2,1H3,(H,25,28)(H,26,29). The van der Waals surface area contributed by atoms with Crippen molar-refractivity contribution in [2.24, 2.45) is 5.92 Å². The van der Waals surface area contributed by atoms with E-state index >= 15 is 0 Å². The number of nitrogens with zero attached hydrogens (tertiary/aromatic N) is 1. The molecule has 0 bridgehead atoms. The maximum atomic E-state index is 12.4. The monoisotopic (exact) mass is 429 g/mol. The van der Waals surface area contributed by atoms with Gasteiger partial charge in [-0.1, -0.05) is 29.8 Å². The fourth-order valence-electron chi connectivity index (χ4n) is 3.57. The van der Waals surface area contributed by atoms with Gasteiger partial charge in [0.2, 0.25) is 5.91 Å². The van der Waals surface area contributed by atoms with Gasteiger partial charge in [0, 0.05) is 36.1 Å². The predicted octanol–water partition coefficient (Wildman–Crippen LogP) is 3.11. The lowest BCUT2D eigenvalue weighted by molar-refractivity contribution is -0.126. The Morgan fingerprint density at radius 2 is 1.77 bits per heavy atom. The van der Waals surface area contributed by atoms with Gasteiger partial charge in [-0.2, -0.15) is 0 Å². The van der Waals surface area contributed by atoms with Gasteiger partial charge in [-0.15, -0.1) is 0 Å². The lowest BCUT2D eigenvalue weighted by Gasteiger charge is -2.31. The van der Waals surface area contributed by atoms with Gasteiger partial charge < -0.3 is 15.4 Å². The molecule has 0 saturated carbocycles. The molecule has 7 heteroatoms. The lowest BCUT2D eigenvalue weighted by atomic mass is 9.95. The Labute approximate surface area is 182 Å². The molecule has 0 aliphatic carbocycles. The van der Waals surface area contributed by atoms with Crippen LogP contribution in [-0.2, 0) is 11.3 Å². The zero-order valence-electron chi connectivity index (χ0n) is 17.2. The second kappa shape index (κ2) is 11.0. The first-order valence-corrected chi connectivity index (χ1v) is 10.6. The molecule has 1 heterocycles. The van der Waals surface area contributed by atoms with E-state index < -0.39 is 0 Å². The molecule has 3 rings (SSSR count). The maximum Gasteiger partial charge on any atom is 0.251 e. The number of halogens is 1. The molecule has 2 aromatic carbocycles. The summed E-state index contributed by atoms with van der Waals surface area (Å²) in [6.07, 6.45) is 1.69. The van der Waals surface area contributed by atoms with E-state index in [4.69, 9.17) is 16.3 Å². The van der Waals surface area contributed by atoms with Crippen molar-refractivity contribution in [3.05, 3.63) is 64.7 Å². The highest BCUT2D eigenvalue weighted by atomic mass is 35.5. The van der Waals surface area contributed by atoms with Gasteiger partial charge in [-0.05, 0) is 61.8 Å². The summed E-state index contributed by atoms with van der Waals surface area (Å²) < 4.78 is 5.13. The number of benzene rings is 2. The first-order valence-electron chi connectivity index (χ1n) is 10.2. The third-order valence-corrected chi connectivity index (χ3v) is 5.57. The summed E-state index contributed by atoms with van der Waals surface area (Å²) in [4.78, 5) is 27.0. The fourth-order valence-corrected chi connectivity index (χ4v) is 3.70. The first kappa shape index (κ1) is 22.1. The Bertz CT molecular complexity index is 849. The highest BCUT2D eigenvalue weighted by molar-refractivity contribution is 6.30. The van der Waals surface area contributed by atoms with Gasteiger partial charge in [-0.3, -0.25) is 14.5 Å². The molecule has 0 aromatic heterocycles. The molecular weight excluding hydrogens is 402 g/mol. The van der Waals surface area contributed by atoms with Crippen LogP contribution >= 0.6 is 11.6 Å². The number of ether oxygens (including phenoxy) is 1. The zero-order chi connectivity index (χ0) is 21.3. The number of carbonyl (C=O) groups excluding carboxylic acids is 2. The van der Waals surface area contributed by atoms with E-state index in [-0.39, 0.29) is 17.7 Å². The fraction of sp³-hybridized carbons (Fsp3) is 0.391. The number of carbonyl (C=O) groups is 2. The molecule has 1 saturated heterocycles. The van der Waals surface area contributed by atoms with Crippen LogP contribution in [0, 0.1) is 5.92 Å². The van der Waals surface area contributed by atoms with Crippen LogP contribution in [0.2, 0.25) is 5.02 Å². The van der Waals surface area contributed by atoms with Crippen LogP contribution in [0.15, 0.2) is 48.5 Å². The van der Waals surface area contributed by atoms with Crippen LogP contribution in [0.5, 0.6) is 5.75 Å². The average molecular weight is 430 g/mol. The molecule has 6 nitrogen and oxygen atoms in total. The number of amides is 2. The SMILES string of the molecule is COc1cccc(C(=O)NCCNC(=O)C2CCN(Cc3ccc(Cl)cc3)CC2)c1. The zero-order valence-corrected chi connectivity index (χ0v) is 18.0. The van der Waals surface area contributed by atoms with Crippen LogP contribution in [0.1, 0.15) is 28.8 Å². The van der Waals surface area contributed by atoms with Crippen molar-refractivity contribution in [2.75, 3.05) is 33.3 Å². The molecule has 1 aliphatic heterocycles. The molecule has 2 amide bonds. The molecule has 0 radical (unpaired) electrons. The van der Waals surface area contributed by atoms with Crippen molar-refractivity contribution in [2.45, 2.75) is 19.4 Å². The minimum atomic E-state index is -0.182. The van der Waals surface area contributed by atoms with Gasteiger partial charge in [0.15, 0.2) is 0 Å². The molecule has 1 fully saturated rings. The van der Waals surface area contributed by atoms with Crippen molar-refractivity contribution in [3.63, 3.8) is 0 Å². The average Bonchev–Trinajstić information content (AvgIpc) is 2.78. The number of methoxy groups -OCH3 is 1. The summed E-state index contributed by atoms with van der Waals surface area (Å²) in [6.45, 7) is 3.47. The Morgan fingerprint density at radius 3 is 2.47 bits per heavy atom. The molecule has 160 valence electrons. The highest BCUT2D eigenvalue weighted by Gasteiger charge is 2.24. The Hall–Kier alpha value is -2.57. The van der Waals surface area contributed by atoms with Gasteiger partial charge in [0.05, 0.1) is 7.11 Å². The van der Waals surface area contributed by atoms with Gasteiger partial charge in [-0.25, -0.2) is 0 Å². The lowest BCUT2D eigenvalue weighted by Crippen LogP contribution is -2.42. The number of nitrogens with one attached hydrogen (secondary N) is 2. The molecule has 2 aromatic rings. The summed E-state index contributed by atoms with van der Waals surface area (Å²) in [5, 5.41) is 6.51. The van der Waals surface area contributed by atoms with Crippen molar-refractivity contribution in [1.29, 1.82) is 0 Å². The van der Waals surface area contributed by atoms with E-state index in [9.17, 15) is 9.59 Å². The van der Waals surface area contributed by atoms with E-state index in [0.29, 0.717) is 24.4 Å². The molecule has 2 N–H and O–H groups in total. The number of rotatable bonds is 8. The van der Waals surface area contributed by atoms with Crippen molar-refractivity contribution in [3.8, 4) is 5.75 Å². The third kappa shape index (κ3) is 6.47. The third-order valence-electron chi connectivity index (χ3n) is 5.32. The Morgan fingerprint density at radius 1 is 1.07 bits per heavy atom. The minimum Gasteiger partial charge on any atom is -0.497 e. The summed E-state index contributed by atoms with van der Waals surface area (Å²) >= 11 is 5.94. The van der Waals surface area contributed by atoms with Crippen LogP contribution in [0.4, 0.5) is 0 Å². The van der Waals surface area contributed by atoms with E-state index in [1.807, 2.05) is 24.3 Å². The summed E-state index contributed by atoms with van der Waals surface area (Å²) in [5.74, 6) is 0.550. The smallest absolute Gasteiger partial charge is 0.251 e. The first-order chi connectivity index (χ1) is 14.5. The minimum absolute atomic E-state index is 0.0283. The van der Waals surface area contributed by atoms with E-state index in [1.54, 1.807) is 31.4 Å². The number of piperidine rings is 1. The van der Waals surface area contributed by atoms with E-state index in [0.717, 1.165) is 37.5 Å². The number of hydrogen-bond donors (Lipinski definition) is 2. The largest absolute Gasteiger partial charge is 0.497 e. The maximum absolute atomic E-state index is 12.4. The molecule has 1 aliphatic rings. The van der Waals surface area contributed by atoms with Crippen molar-refractivity contribution >= 4 is 23.4 Å². The van der Waals surface area contributed by atoms with E-state index in [2.05, 4.69) is 15.5 Å². The van der Waals surface area contributed by atoms with Crippen molar-refractivity contribution < 1.29 is 14.3 Å². The second-order valence-corrected chi connectivity index (χ2v) is 7.89. The molecule has 0 atom stereocenters. The topological polar surface area (TPSA) is 70.7 Å². The molecule has 30 heavy (non-hydrogen) atoms. The van der Waals surface area contributed by atoms with Gasteiger partial charge in [0.25, 0.3) is 5.91 Å². The number of likely N-dealkylation sites (tertiary alicyclic amines) is 1. The normalized spacial score (nSPS) is 14.9. The van der Waals surface area contributed by atoms with Crippen LogP contribution in [0.25, 0.3) is 0 Å². The molecule has 0 spiro atoms. The highest BCUT2D eigenvalue weighted by Crippen LogP contribution is 2.20. The van der Waals surface area contributed by atoms with Gasteiger partial charge in [0.1, 0.15) is 5.75 Å². The number of hydrogen-bond acceptors (Lipinski definition) is 4. The molecule has 0 unspecified atom stereocenters. The van der Waals surface area contributed by atoms with Crippen LogP contribution in [-0.4, -0.2) is 50.0 Å². The molecular formula is C23H28ClN3O3. The second-order valence-electron chi connectivity index (χ2n) is 7.46.